The fourth-order valence-electron chi connectivity index (χ4n) is 2.32. The molecule has 0 spiro atoms. The lowest BCUT2D eigenvalue weighted by molar-refractivity contribution is -0.117. The predicted molar refractivity (Wildman–Crippen MR) is 94.2 cm³/mol. The molecule has 134 valence electrons. The van der Waals surface area contributed by atoms with Crippen molar-refractivity contribution >= 4 is 23.2 Å². The summed E-state index contributed by atoms with van der Waals surface area (Å²) in [5, 5.41) is 3.25. The van der Waals surface area contributed by atoms with Crippen molar-refractivity contribution in [3.05, 3.63) is 59.1 Å². The maximum absolute atomic E-state index is 12.4. The summed E-state index contributed by atoms with van der Waals surface area (Å²) in [6, 6.07) is 13.4. The SMILES string of the molecule is C[C@H](c1ccc(Cl)cc1)N(C)CC(=O)Nc1ccccc1OC(F)F. The molecule has 0 aliphatic carbocycles. The van der Waals surface area contributed by atoms with E-state index in [1.165, 1.54) is 12.1 Å². The van der Waals surface area contributed by atoms with Crippen molar-refractivity contribution in [2.75, 3.05) is 18.9 Å². The molecule has 1 amide bonds. The summed E-state index contributed by atoms with van der Waals surface area (Å²) in [6.07, 6.45) is 0. The van der Waals surface area contributed by atoms with Gasteiger partial charge < -0.3 is 10.1 Å². The van der Waals surface area contributed by atoms with E-state index in [1.54, 1.807) is 31.3 Å². The lowest BCUT2D eigenvalue weighted by Gasteiger charge is -2.24. The van der Waals surface area contributed by atoms with Crippen LogP contribution in [0, 0.1) is 0 Å². The predicted octanol–water partition coefficient (Wildman–Crippen LogP) is 4.57. The zero-order chi connectivity index (χ0) is 18.4. The highest BCUT2D eigenvalue weighted by atomic mass is 35.5. The van der Waals surface area contributed by atoms with Gasteiger partial charge in [0.1, 0.15) is 5.75 Å². The number of carbonyl (C=O) groups is 1. The smallest absolute Gasteiger partial charge is 0.387 e. The molecule has 1 atom stereocenters. The van der Waals surface area contributed by atoms with E-state index < -0.39 is 6.61 Å². The Kier molecular flexibility index (Phi) is 6.73. The lowest BCUT2D eigenvalue weighted by Crippen LogP contribution is -2.32. The van der Waals surface area contributed by atoms with E-state index in [4.69, 9.17) is 11.6 Å². The fraction of sp³-hybridized carbons (Fsp3) is 0.278. The third-order valence-electron chi connectivity index (χ3n) is 3.78. The molecule has 0 saturated carbocycles. The number of carbonyl (C=O) groups excluding carboxylic acids is 1. The van der Waals surface area contributed by atoms with Gasteiger partial charge in [-0.3, -0.25) is 9.69 Å². The van der Waals surface area contributed by atoms with Gasteiger partial charge in [0.05, 0.1) is 12.2 Å². The molecule has 0 heterocycles. The van der Waals surface area contributed by atoms with Gasteiger partial charge in [0, 0.05) is 11.1 Å². The summed E-state index contributed by atoms with van der Waals surface area (Å²) in [5.74, 6) is -0.395. The number of anilines is 1. The van der Waals surface area contributed by atoms with Gasteiger partial charge in [0.15, 0.2) is 0 Å². The van der Waals surface area contributed by atoms with Gasteiger partial charge in [-0.1, -0.05) is 35.9 Å². The molecule has 0 fully saturated rings. The zero-order valence-electron chi connectivity index (χ0n) is 13.9. The molecule has 0 aromatic heterocycles. The van der Waals surface area contributed by atoms with E-state index in [1.807, 2.05) is 24.0 Å². The first-order valence-corrected chi connectivity index (χ1v) is 8.04. The van der Waals surface area contributed by atoms with Gasteiger partial charge in [0.2, 0.25) is 5.91 Å². The topological polar surface area (TPSA) is 41.6 Å². The van der Waals surface area contributed by atoms with Crippen molar-refractivity contribution in [1.82, 2.24) is 4.90 Å². The van der Waals surface area contributed by atoms with Crippen molar-refractivity contribution in [1.29, 1.82) is 0 Å². The van der Waals surface area contributed by atoms with Gasteiger partial charge in [-0.25, -0.2) is 0 Å². The second-order valence-electron chi connectivity index (χ2n) is 5.57. The monoisotopic (exact) mass is 368 g/mol. The number of rotatable bonds is 7. The van der Waals surface area contributed by atoms with Crippen LogP contribution >= 0.6 is 11.6 Å². The maximum atomic E-state index is 12.4. The summed E-state index contributed by atoms with van der Waals surface area (Å²) >= 11 is 5.88. The number of para-hydroxylation sites is 2. The molecule has 2 aromatic rings. The molecule has 2 rings (SSSR count). The van der Waals surface area contributed by atoms with Crippen LogP contribution in [0.4, 0.5) is 14.5 Å². The first kappa shape index (κ1) is 19.1. The maximum Gasteiger partial charge on any atom is 0.387 e. The Morgan fingerprint density at radius 2 is 1.84 bits per heavy atom. The van der Waals surface area contributed by atoms with Gasteiger partial charge in [0.25, 0.3) is 0 Å². The Hall–Kier alpha value is -2.18. The van der Waals surface area contributed by atoms with Crippen LogP contribution in [0.15, 0.2) is 48.5 Å². The number of hydrogen-bond donors (Lipinski definition) is 1. The van der Waals surface area contributed by atoms with E-state index >= 15 is 0 Å². The molecule has 0 aliphatic rings. The van der Waals surface area contributed by atoms with Crippen molar-refractivity contribution in [3.8, 4) is 5.75 Å². The number of likely N-dealkylation sites (N-methyl/N-ethyl adjacent to an activating group) is 1. The Labute approximate surface area is 150 Å². The average molecular weight is 369 g/mol. The largest absolute Gasteiger partial charge is 0.433 e. The normalized spacial score (nSPS) is 12.3. The summed E-state index contributed by atoms with van der Waals surface area (Å²) in [5.41, 5.74) is 1.22. The van der Waals surface area contributed by atoms with Crippen LogP contribution in [0.3, 0.4) is 0 Å². The van der Waals surface area contributed by atoms with Crippen molar-refractivity contribution in [2.24, 2.45) is 0 Å². The molecule has 0 bridgehead atoms. The van der Waals surface area contributed by atoms with Crippen LogP contribution in [-0.4, -0.2) is 31.0 Å². The van der Waals surface area contributed by atoms with Crippen LogP contribution < -0.4 is 10.1 Å². The molecule has 25 heavy (non-hydrogen) atoms. The van der Waals surface area contributed by atoms with Gasteiger partial charge in [-0.15, -0.1) is 0 Å². The van der Waals surface area contributed by atoms with Crippen LogP contribution in [0.5, 0.6) is 5.75 Å². The molecule has 0 aliphatic heterocycles. The number of nitrogens with one attached hydrogen (secondary N) is 1. The number of alkyl halides is 2. The van der Waals surface area contributed by atoms with Crippen molar-refractivity contribution in [3.63, 3.8) is 0 Å². The molecule has 0 saturated heterocycles. The van der Waals surface area contributed by atoms with Gasteiger partial charge >= 0.3 is 6.61 Å². The second kappa shape index (κ2) is 8.78. The number of benzene rings is 2. The first-order chi connectivity index (χ1) is 11.9. The standard InChI is InChI=1S/C18H19ClF2N2O2/c1-12(13-7-9-14(19)10-8-13)23(2)11-17(24)22-15-5-3-4-6-16(15)25-18(20)21/h3-10,12,18H,11H2,1-2H3,(H,22,24)/t12-/m1/s1. The minimum absolute atomic E-state index is 0.0180. The summed E-state index contributed by atoms with van der Waals surface area (Å²) in [4.78, 5) is 14.1. The third-order valence-corrected chi connectivity index (χ3v) is 4.04. The Balaban J connectivity index is 1.99. The molecule has 7 heteroatoms. The summed E-state index contributed by atoms with van der Waals surface area (Å²) < 4.78 is 29.2. The number of hydrogen-bond acceptors (Lipinski definition) is 3. The highest BCUT2D eigenvalue weighted by molar-refractivity contribution is 6.30. The fourth-order valence-corrected chi connectivity index (χ4v) is 2.44. The number of amides is 1. The zero-order valence-corrected chi connectivity index (χ0v) is 14.6. The Morgan fingerprint density at radius 3 is 2.48 bits per heavy atom. The van der Waals surface area contributed by atoms with Crippen LogP contribution in [0.25, 0.3) is 0 Å². The van der Waals surface area contributed by atoms with E-state index in [0.29, 0.717) is 5.02 Å². The summed E-state index contributed by atoms with van der Waals surface area (Å²) in [6.45, 7) is -0.900. The van der Waals surface area contributed by atoms with Crippen LogP contribution in [0.2, 0.25) is 5.02 Å². The number of halogens is 3. The minimum atomic E-state index is -2.95. The minimum Gasteiger partial charge on any atom is -0.433 e. The number of ether oxygens (including phenoxy) is 1. The Bertz CT molecular complexity index is 710. The van der Waals surface area contributed by atoms with Crippen LogP contribution in [0.1, 0.15) is 18.5 Å². The van der Waals surface area contributed by atoms with Crippen molar-refractivity contribution < 1.29 is 18.3 Å². The number of nitrogens with zero attached hydrogens (tertiary/aromatic N) is 1. The van der Waals surface area contributed by atoms with E-state index in [2.05, 4.69) is 10.1 Å². The van der Waals surface area contributed by atoms with Gasteiger partial charge in [-0.2, -0.15) is 8.78 Å². The van der Waals surface area contributed by atoms with Crippen LogP contribution in [-0.2, 0) is 4.79 Å². The molecular formula is C18H19ClF2N2O2. The highest BCUT2D eigenvalue weighted by Crippen LogP contribution is 2.26. The molecular weight excluding hydrogens is 350 g/mol. The molecule has 0 unspecified atom stereocenters. The second-order valence-corrected chi connectivity index (χ2v) is 6.00. The lowest BCUT2D eigenvalue weighted by atomic mass is 10.1. The molecule has 4 nitrogen and oxygen atoms in total. The quantitative estimate of drug-likeness (QED) is 0.778. The van der Waals surface area contributed by atoms with Gasteiger partial charge in [-0.05, 0) is 43.8 Å². The Morgan fingerprint density at radius 1 is 1.20 bits per heavy atom. The van der Waals surface area contributed by atoms with E-state index in [-0.39, 0.29) is 29.9 Å². The molecule has 1 N–H and O–H groups in total. The van der Waals surface area contributed by atoms with E-state index in [0.717, 1.165) is 5.56 Å². The van der Waals surface area contributed by atoms with Crippen molar-refractivity contribution in [2.45, 2.75) is 19.6 Å². The van der Waals surface area contributed by atoms with E-state index in [9.17, 15) is 13.6 Å². The third kappa shape index (κ3) is 5.69. The highest BCUT2D eigenvalue weighted by Gasteiger charge is 2.17. The average Bonchev–Trinajstić information content (AvgIpc) is 2.56. The molecule has 0 radical (unpaired) electrons. The molecule has 2 aromatic carbocycles. The first-order valence-electron chi connectivity index (χ1n) is 7.66. The summed E-state index contributed by atoms with van der Waals surface area (Å²) in [7, 11) is 1.81.